The van der Waals surface area contributed by atoms with Crippen molar-refractivity contribution in [2.75, 3.05) is 13.2 Å². The van der Waals surface area contributed by atoms with Crippen molar-refractivity contribution >= 4 is 5.91 Å². The predicted octanol–water partition coefficient (Wildman–Crippen LogP) is 3.43. The number of nitrogens with zero attached hydrogens (tertiary/aromatic N) is 3. The third-order valence-electron chi connectivity index (χ3n) is 5.93. The van der Waals surface area contributed by atoms with E-state index in [1.165, 1.54) is 23.2 Å². The van der Waals surface area contributed by atoms with Crippen molar-refractivity contribution in [3.05, 3.63) is 52.3 Å². The fourth-order valence-corrected chi connectivity index (χ4v) is 4.34. The van der Waals surface area contributed by atoms with Crippen LogP contribution in [0.3, 0.4) is 0 Å². The van der Waals surface area contributed by atoms with Crippen molar-refractivity contribution in [3.8, 4) is 0 Å². The second-order valence-corrected chi connectivity index (χ2v) is 7.85. The number of hydrogen-bond donors (Lipinski definition) is 0. The highest BCUT2D eigenvalue weighted by Crippen LogP contribution is 2.26. The van der Waals surface area contributed by atoms with E-state index in [-0.39, 0.29) is 12.0 Å². The molecule has 1 fully saturated rings. The van der Waals surface area contributed by atoms with Crippen molar-refractivity contribution in [2.45, 2.75) is 58.1 Å². The van der Waals surface area contributed by atoms with E-state index in [4.69, 9.17) is 4.74 Å². The van der Waals surface area contributed by atoms with Gasteiger partial charge in [-0.15, -0.1) is 0 Å². The van der Waals surface area contributed by atoms with Gasteiger partial charge in [0.2, 0.25) is 0 Å². The Morgan fingerprint density at radius 1 is 1.26 bits per heavy atom. The lowest BCUT2D eigenvalue weighted by atomic mass is 9.95. The molecule has 144 valence electrons. The summed E-state index contributed by atoms with van der Waals surface area (Å²) in [7, 11) is 1.96. The van der Waals surface area contributed by atoms with E-state index in [2.05, 4.69) is 24.2 Å². The van der Waals surface area contributed by atoms with Crippen LogP contribution < -0.4 is 0 Å². The molecule has 0 bridgehead atoms. The maximum atomic E-state index is 13.5. The van der Waals surface area contributed by atoms with Crippen molar-refractivity contribution in [2.24, 2.45) is 7.05 Å². The molecule has 1 atom stereocenters. The lowest BCUT2D eigenvalue weighted by Crippen LogP contribution is -2.37. The fourth-order valence-electron chi connectivity index (χ4n) is 4.34. The molecule has 0 saturated carbocycles. The zero-order chi connectivity index (χ0) is 18.8. The van der Waals surface area contributed by atoms with Crippen LogP contribution in [0.5, 0.6) is 0 Å². The zero-order valence-electron chi connectivity index (χ0n) is 16.4. The number of aromatic nitrogens is 2. The zero-order valence-corrected chi connectivity index (χ0v) is 16.4. The Labute approximate surface area is 161 Å². The van der Waals surface area contributed by atoms with Crippen LogP contribution in [0.4, 0.5) is 0 Å². The third kappa shape index (κ3) is 3.79. The maximum absolute atomic E-state index is 13.5. The molecule has 5 heteroatoms. The van der Waals surface area contributed by atoms with Crippen LogP contribution in [0, 0.1) is 6.92 Å². The molecule has 1 aromatic heterocycles. The summed E-state index contributed by atoms with van der Waals surface area (Å²) in [5.41, 5.74) is 5.45. The molecule has 4 rings (SSSR count). The predicted molar refractivity (Wildman–Crippen MR) is 105 cm³/mol. The Morgan fingerprint density at radius 3 is 2.85 bits per heavy atom. The second-order valence-electron chi connectivity index (χ2n) is 7.85. The molecule has 1 amide bonds. The number of carbonyl (C=O) groups excluding carboxylic acids is 1. The minimum atomic E-state index is 0.0486. The topological polar surface area (TPSA) is 47.4 Å². The summed E-state index contributed by atoms with van der Waals surface area (Å²) in [6.07, 6.45) is 6.55. The molecular weight excluding hydrogens is 338 g/mol. The summed E-state index contributed by atoms with van der Waals surface area (Å²) in [5.74, 6) is 0.0486. The van der Waals surface area contributed by atoms with Gasteiger partial charge in [0.05, 0.1) is 6.10 Å². The van der Waals surface area contributed by atoms with Gasteiger partial charge in [-0.25, -0.2) is 0 Å². The Morgan fingerprint density at radius 2 is 2.07 bits per heavy atom. The van der Waals surface area contributed by atoms with E-state index in [1.807, 2.05) is 28.8 Å². The molecule has 0 unspecified atom stereocenters. The highest BCUT2D eigenvalue weighted by Gasteiger charge is 2.29. The minimum Gasteiger partial charge on any atom is -0.376 e. The molecule has 1 aliphatic carbocycles. The Kier molecular flexibility index (Phi) is 5.30. The van der Waals surface area contributed by atoms with Crippen LogP contribution in [0.2, 0.25) is 0 Å². The lowest BCUT2D eigenvalue weighted by molar-refractivity contribution is 0.0501. The highest BCUT2D eigenvalue weighted by molar-refractivity contribution is 5.94. The van der Waals surface area contributed by atoms with Crippen LogP contribution >= 0.6 is 0 Å². The molecular formula is C22H29N3O2. The third-order valence-corrected chi connectivity index (χ3v) is 5.93. The molecule has 0 N–H and O–H groups in total. The first-order chi connectivity index (χ1) is 13.1. The summed E-state index contributed by atoms with van der Waals surface area (Å²) >= 11 is 0. The van der Waals surface area contributed by atoms with E-state index < -0.39 is 0 Å². The van der Waals surface area contributed by atoms with Crippen LogP contribution in [0.15, 0.2) is 24.3 Å². The number of carbonyl (C=O) groups is 1. The van der Waals surface area contributed by atoms with Gasteiger partial charge >= 0.3 is 0 Å². The molecule has 2 aromatic rings. The van der Waals surface area contributed by atoms with E-state index in [9.17, 15) is 4.79 Å². The normalized spacial score (nSPS) is 19.1. The van der Waals surface area contributed by atoms with Crippen LogP contribution in [0.25, 0.3) is 0 Å². The van der Waals surface area contributed by atoms with Gasteiger partial charge in [-0.3, -0.25) is 9.48 Å². The van der Waals surface area contributed by atoms with E-state index >= 15 is 0 Å². The molecule has 2 heterocycles. The van der Waals surface area contributed by atoms with Gasteiger partial charge in [0.15, 0.2) is 5.69 Å². The maximum Gasteiger partial charge on any atom is 0.275 e. The average Bonchev–Trinajstić information content (AvgIpc) is 3.31. The van der Waals surface area contributed by atoms with Gasteiger partial charge < -0.3 is 9.64 Å². The van der Waals surface area contributed by atoms with E-state index in [1.54, 1.807) is 0 Å². The summed E-state index contributed by atoms with van der Waals surface area (Å²) in [4.78, 5) is 15.5. The Hall–Kier alpha value is -2.14. The molecule has 1 aliphatic heterocycles. The number of ether oxygens (including phenoxy) is 1. The monoisotopic (exact) mass is 367 g/mol. The van der Waals surface area contributed by atoms with Gasteiger partial charge in [0.1, 0.15) is 0 Å². The summed E-state index contributed by atoms with van der Waals surface area (Å²) in [6.45, 7) is 4.15. The number of fused-ring (bicyclic) bond motifs is 1. The van der Waals surface area contributed by atoms with Crippen molar-refractivity contribution < 1.29 is 9.53 Å². The summed E-state index contributed by atoms with van der Waals surface area (Å²) in [6, 6.07) is 8.30. The second kappa shape index (κ2) is 7.85. The molecule has 5 nitrogen and oxygen atoms in total. The first-order valence-corrected chi connectivity index (χ1v) is 10.1. The van der Waals surface area contributed by atoms with Crippen LogP contribution in [-0.4, -0.2) is 39.8 Å². The van der Waals surface area contributed by atoms with Crippen molar-refractivity contribution in [3.63, 3.8) is 0 Å². The number of hydrogen-bond acceptors (Lipinski definition) is 3. The standard InChI is InChI=1S/C22H29N3O2/c1-16-8-3-4-9-17(16)14-25(15-18-10-7-13-27-18)22(26)21-19-11-5-6-12-20(19)24(2)23-21/h3-4,8-9,18H,5-7,10-15H2,1-2H3/t18-/m1/s1. The first-order valence-electron chi connectivity index (χ1n) is 10.1. The summed E-state index contributed by atoms with van der Waals surface area (Å²) in [5, 5.41) is 4.64. The quantitative estimate of drug-likeness (QED) is 0.813. The molecule has 1 saturated heterocycles. The smallest absolute Gasteiger partial charge is 0.275 e. The summed E-state index contributed by atoms with van der Waals surface area (Å²) < 4.78 is 7.75. The van der Waals surface area contributed by atoms with Crippen molar-refractivity contribution in [1.82, 2.24) is 14.7 Å². The Bertz CT molecular complexity index is 821. The SMILES string of the molecule is Cc1ccccc1CN(C[C@H]1CCCO1)C(=O)c1nn(C)c2c1CCCC2. The largest absolute Gasteiger partial charge is 0.376 e. The molecule has 0 radical (unpaired) electrons. The fraction of sp³-hybridized carbons (Fsp3) is 0.545. The van der Waals surface area contributed by atoms with Crippen molar-refractivity contribution in [1.29, 1.82) is 0 Å². The minimum absolute atomic E-state index is 0.0486. The highest BCUT2D eigenvalue weighted by atomic mass is 16.5. The number of aryl methyl sites for hydroxylation is 2. The van der Waals surface area contributed by atoms with Gasteiger partial charge in [0.25, 0.3) is 5.91 Å². The Balaban J connectivity index is 1.63. The van der Waals surface area contributed by atoms with E-state index in [0.717, 1.165) is 44.3 Å². The number of amides is 1. The van der Waals surface area contributed by atoms with Gasteiger partial charge in [-0.1, -0.05) is 24.3 Å². The first kappa shape index (κ1) is 18.2. The van der Waals surface area contributed by atoms with Crippen LogP contribution in [0.1, 0.15) is 58.6 Å². The molecule has 2 aliphatic rings. The van der Waals surface area contributed by atoms with Crippen LogP contribution in [-0.2, 0) is 31.2 Å². The number of benzene rings is 1. The molecule has 1 aromatic carbocycles. The van der Waals surface area contributed by atoms with Gasteiger partial charge in [-0.2, -0.15) is 5.10 Å². The van der Waals surface area contributed by atoms with Gasteiger partial charge in [0, 0.05) is 38.0 Å². The van der Waals surface area contributed by atoms with E-state index in [0.29, 0.717) is 18.8 Å². The van der Waals surface area contributed by atoms with Gasteiger partial charge in [-0.05, 0) is 56.6 Å². The molecule has 27 heavy (non-hydrogen) atoms. The number of rotatable bonds is 5. The molecule has 0 spiro atoms. The average molecular weight is 367 g/mol. The lowest BCUT2D eigenvalue weighted by Gasteiger charge is -2.26.